The first-order valence-electron chi connectivity index (χ1n) is 29.4. The molecule has 0 aromatic rings. The van der Waals surface area contributed by atoms with Crippen LogP contribution in [0.2, 0.25) is 0 Å². The number of carbonyl (C=O) groups is 5. The zero-order chi connectivity index (χ0) is 56.9. The number of methoxy groups -OCH3 is 2. The molecule has 4 heterocycles. The number of amides is 1. The van der Waals surface area contributed by atoms with Gasteiger partial charge in [0.15, 0.2) is 5.78 Å². The van der Waals surface area contributed by atoms with Crippen molar-refractivity contribution < 1.29 is 72.5 Å². The Morgan fingerprint density at radius 2 is 1.55 bits per heavy atom. The Labute approximate surface area is 465 Å². The number of aliphatic hydroxyl groups is 3. The maximum Gasteiger partial charge on any atom is 0.329 e. The molecular formula is C61H98N2O15. The molecule has 78 heavy (non-hydrogen) atoms. The average molecular weight is 1100 g/mol. The maximum absolute atomic E-state index is 14.7. The molecule has 1 amide bonds. The largest absolute Gasteiger partial charge is 0.460 e. The Bertz CT molecular complexity index is 2040. The molecule has 3 saturated heterocycles. The van der Waals surface area contributed by atoms with E-state index in [9.17, 15) is 39.3 Å². The molecule has 4 aliphatic heterocycles. The van der Waals surface area contributed by atoms with E-state index in [0.717, 1.165) is 64.1 Å². The number of Topliss-reactive ketones (excluding diaryl/α,β-unsaturated/α-hetero) is 3. The number of nitrogens with zero attached hydrogens (tertiary/aromatic N) is 2. The standard InChI is InChI=1S/C61H98N2O15/c1-40-18-11-10-12-19-41(2)52(76-30-16-15-29-64)38-48-23-21-46(7)61(71,78-48)58(68)59(69)63-26-14-13-20-49(63)60(70)77-53(39-50(65)42(3)35-45(6)56(67)57(73-9)55(66)44(5)34-40)43(4)36-47-22-24-51(54(37-47)72-8)75-31-17-25-62-27-32-74-33-28-62/h10-12,18-19,35,40,42-44,46-49,51-54,56-57,64,67,71H,13-17,20-34,36-39H2,1-9H3/b12-10+,18-11+,41-19+,45-35+/t40-,42-,43-,44-,46-,47+,48+,49?,51-,52?,53+,54-,56-,57+,61-/m1/s1. The van der Waals surface area contributed by atoms with Gasteiger partial charge in [-0.05, 0) is 126 Å². The van der Waals surface area contributed by atoms with Gasteiger partial charge < -0.3 is 53.4 Å². The molecule has 17 heteroatoms. The van der Waals surface area contributed by atoms with Gasteiger partial charge in [-0.1, -0.05) is 71.1 Å². The number of allylic oxidation sites excluding steroid dienone is 6. The Kier molecular flexibility index (Phi) is 27.5. The first-order valence-corrected chi connectivity index (χ1v) is 29.4. The van der Waals surface area contributed by atoms with E-state index in [1.807, 2.05) is 58.1 Å². The van der Waals surface area contributed by atoms with Crippen molar-refractivity contribution in [3.63, 3.8) is 0 Å². The number of carbonyl (C=O) groups excluding carboxylic acids is 5. The van der Waals surface area contributed by atoms with Crippen molar-refractivity contribution in [1.82, 2.24) is 9.80 Å². The third kappa shape index (κ3) is 19.1. The van der Waals surface area contributed by atoms with Crippen LogP contribution in [0.5, 0.6) is 0 Å². The van der Waals surface area contributed by atoms with Gasteiger partial charge in [0.25, 0.3) is 11.7 Å². The Balaban J connectivity index is 1.42. The maximum atomic E-state index is 14.7. The van der Waals surface area contributed by atoms with Gasteiger partial charge in [0.2, 0.25) is 5.79 Å². The lowest BCUT2D eigenvalue weighted by molar-refractivity contribution is -0.266. The molecule has 3 N–H and O–H groups in total. The van der Waals surface area contributed by atoms with Crippen LogP contribution in [0.3, 0.4) is 0 Å². The van der Waals surface area contributed by atoms with E-state index in [2.05, 4.69) is 4.90 Å². The number of rotatable bonds is 15. The van der Waals surface area contributed by atoms with Gasteiger partial charge in [-0.25, -0.2) is 4.79 Å². The summed E-state index contributed by atoms with van der Waals surface area (Å²) in [6.45, 7) is 18.2. The van der Waals surface area contributed by atoms with Crippen LogP contribution in [0.1, 0.15) is 145 Å². The van der Waals surface area contributed by atoms with Crippen molar-refractivity contribution in [2.45, 2.75) is 199 Å². The van der Waals surface area contributed by atoms with E-state index in [1.54, 1.807) is 34.0 Å². The molecule has 5 rings (SSSR count). The number of ketones is 3. The summed E-state index contributed by atoms with van der Waals surface area (Å²) in [6.07, 6.45) is 14.4. The number of esters is 1. The summed E-state index contributed by atoms with van der Waals surface area (Å²) in [5, 5.41) is 33.2. The molecule has 15 atom stereocenters. The SMILES string of the molecule is CO[C@@H]1C[C@H](C[C@@H](C)[C@@H]2CC(=O)[C@H](C)/C=C(\C)[C@@H](O)[C@@H](OC)C(=O)[C@H](C)C[C@H](C)/C=C/C=C/C=C(\C)C(OCCCCO)C[C@@H]3CC[C@@H](C)[C@@](O)(O3)C(=O)C(=O)N3CCCCC3C(=O)O2)CC[C@H]1OCCCN1CCOCC1. The van der Waals surface area contributed by atoms with Gasteiger partial charge in [-0.3, -0.25) is 24.1 Å². The average Bonchev–Trinajstić information content (AvgIpc) is 3.47. The predicted molar refractivity (Wildman–Crippen MR) is 296 cm³/mol. The predicted octanol–water partition coefficient (Wildman–Crippen LogP) is 7.07. The van der Waals surface area contributed by atoms with Crippen molar-refractivity contribution in [1.29, 1.82) is 0 Å². The zero-order valence-corrected chi connectivity index (χ0v) is 48.7. The summed E-state index contributed by atoms with van der Waals surface area (Å²) >= 11 is 0. The lowest BCUT2D eigenvalue weighted by Crippen LogP contribution is -2.61. The third-order valence-electron chi connectivity index (χ3n) is 17.1. The van der Waals surface area contributed by atoms with E-state index >= 15 is 0 Å². The van der Waals surface area contributed by atoms with Crippen LogP contribution in [-0.2, 0) is 57.1 Å². The Morgan fingerprint density at radius 3 is 2.27 bits per heavy atom. The lowest BCUT2D eigenvalue weighted by atomic mass is 9.78. The third-order valence-corrected chi connectivity index (χ3v) is 17.1. The highest BCUT2D eigenvalue weighted by Gasteiger charge is 2.53. The minimum Gasteiger partial charge on any atom is -0.460 e. The highest BCUT2D eigenvalue weighted by atomic mass is 16.6. The molecule has 17 nitrogen and oxygen atoms in total. The number of piperidine rings is 1. The topological polar surface area (TPSA) is 217 Å². The Morgan fingerprint density at radius 1 is 0.808 bits per heavy atom. The summed E-state index contributed by atoms with van der Waals surface area (Å²) in [5.74, 6) is -7.99. The van der Waals surface area contributed by atoms with Crippen LogP contribution in [0.25, 0.3) is 0 Å². The van der Waals surface area contributed by atoms with Crippen molar-refractivity contribution >= 4 is 29.2 Å². The van der Waals surface area contributed by atoms with Crippen molar-refractivity contribution in [2.75, 3.05) is 73.4 Å². The van der Waals surface area contributed by atoms with Gasteiger partial charge in [-0.15, -0.1) is 0 Å². The minimum atomic E-state index is -2.47. The zero-order valence-electron chi connectivity index (χ0n) is 48.7. The van der Waals surface area contributed by atoms with E-state index in [1.165, 1.54) is 12.0 Å². The van der Waals surface area contributed by atoms with Crippen molar-refractivity contribution in [3.05, 3.63) is 47.6 Å². The highest BCUT2D eigenvalue weighted by molar-refractivity contribution is 6.39. The molecule has 0 spiro atoms. The van der Waals surface area contributed by atoms with Crippen LogP contribution in [-0.4, -0.2) is 182 Å². The smallest absolute Gasteiger partial charge is 0.329 e. The number of hydrogen-bond donors (Lipinski definition) is 3. The fraction of sp³-hybridized carbons (Fsp3) is 0.787. The number of fused-ring (bicyclic) bond motifs is 3. The van der Waals surface area contributed by atoms with Crippen molar-refractivity contribution in [3.8, 4) is 0 Å². The van der Waals surface area contributed by atoms with Crippen LogP contribution >= 0.6 is 0 Å². The van der Waals surface area contributed by atoms with E-state index in [4.69, 9.17) is 33.2 Å². The van der Waals surface area contributed by atoms with Gasteiger partial charge in [0, 0.05) is 90.8 Å². The molecule has 0 aromatic heterocycles. The fourth-order valence-electron chi connectivity index (χ4n) is 12.0. The first-order chi connectivity index (χ1) is 37.3. The summed E-state index contributed by atoms with van der Waals surface area (Å²) < 4.78 is 42.6. The van der Waals surface area contributed by atoms with Crippen LogP contribution in [0.4, 0.5) is 0 Å². The lowest BCUT2D eigenvalue weighted by Gasteiger charge is -2.43. The Hall–Kier alpha value is -3.49. The summed E-state index contributed by atoms with van der Waals surface area (Å²) in [4.78, 5) is 75.5. The molecule has 4 fully saturated rings. The molecular weight excluding hydrogens is 1000 g/mol. The summed E-state index contributed by atoms with van der Waals surface area (Å²) in [7, 11) is 3.09. The molecule has 0 aromatic carbocycles. The molecule has 0 radical (unpaired) electrons. The number of ether oxygens (including phenoxy) is 7. The van der Waals surface area contributed by atoms with E-state index in [-0.39, 0.29) is 73.9 Å². The van der Waals surface area contributed by atoms with Crippen molar-refractivity contribution in [2.24, 2.45) is 35.5 Å². The molecule has 442 valence electrons. The molecule has 1 saturated carbocycles. The first kappa shape index (κ1) is 65.3. The summed E-state index contributed by atoms with van der Waals surface area (Å²) in [6, 6.07) is -1.15. The van der Waals surface area contributed by atoms with E-state index < -0.39 is 77.8 Å². The number of hydrogen-bond acceptors (Lipinski definition) is 16. The normalized spacial score (nSPS) is 37.1. The van der Waals surface area contributed by atoms with E-state index in [0.29, 0.717) is 70.2 Å². The van der Waals surface area contributed by atoms with Gasteiger partial charge in [0.1, 0.15) is 30.1 Å². The van der Waals surface area contributed by atoms with Gasteiger partial charge in [0.05, 0.1) is 37.6 Å². The number of morpholine rings is 1. The number of unbranched alkanes of at least 4 members (excludes halogenated alkanes) is 1. The van der Waals surface area contributed by atoms with Crippen LogP contribution in [0.15, 0.2) is 47.6 Å². The monoisotopic (exact) mass is 1100 g/mol. The second kappa shape index (κ2) is 32.8. The number of cyclic esters (lactones) is 1. The van der Waals surface area contributed by atoms with Crippen LogP contribution in [0, 0.1) is 35.5 Å². The number of aliphatic hydroxyl groups excluding tert-OH is 2. The fourth-order valence-corrected chi connectivity index (χ4v) is 12.0. The van der Waals surface area contributed by atoms with Gasteiger partial charge in [-0.2, -0.15) is 0 Å². The molecule has 2 bridgehead atoms. The minimum absolute atomic E-state index is 0.00281. The quantitative estimate of drug-likeness (QED) is 0.0647. The highest BCUT2D eigenvalue weighted by Crippen LogP contribution is 2.38. The van der Waals surface area contributed by atoms with Crippen LogP contribution < -0.4 is 0 Å². The second-order valence-corrected chi connectivity index (χ2v) is 23.3. The summed E-state index contributed by atoms with van der Waals surface area (Å²) in [5.41, 5.74) is 1.26. The van der Waals surface area contributed by atoms with Gasteiger partial charge >= 0.3 is 5.97 Å². The molecule has 2 unspecified atom stereocenters. The molecule has 5 aliphatic rings. The second-order valence-electron chi connectivity index (χ2n) is 23.3. The molecule has 1 aliphatic carbocycles.